The molecule has 0 aliphatic heterocycles. The molecule has 0 unspecified atom stereocenters. The number of nitrogens with one attached hydrogen (secondary N) is 1. The van der Waals surface area contributed by atoms with Crippen LogP contribution in [0.1, 0.15) is 28.5 Å². The Hall–Kier alpha value is -3.61. The fraction of sp³-hybridized carbons (Fsp3) is 0.227. The summed E-state index contributed by atoms with van der Waals surface area (Å²) in [6.45, 7) is 2.97. The molecule has 0 radical (unpaired) electrons. The highest BCUT2D eigenvalue weighted by atomic mass is 16.7. The van der Waals surface area contributed by atoms with Gasteiger partial charge in [-0.25, -0.2) is 4.79 Å². The molecule has 0 aliphatic carbocycles. The van der Waals surface area contributed by atoms with Crippen molar-refractivity contribution in [2.45, 2.75) is 20.0 Å². The summed E-state index contributed by atoms with van der Waals surface area (Å²) in [4.78, 5) is 32.9. The maximum Gasteiger partial charge on any atom is 0.347 e. The second kappa shape index (κ2) is 9.05. The lowest BCUT2D eigenvalue weighted by Crippen LogP contribution is -2.26. The van der Waals surface area contributed by atoms with E-state index < -0.39 is 18.7 Å². The van der Waals surface area contributed by atoms with Gasteiger partial charge in [0.2, 0.25) is 12.4 Å². The van der Waals surface area contributed by atoms with Gasteiger partial charge in [-0.05, 0) is 49.7 Å². The minimum Gasteiger partial charge on any atom is -0.497 e. The molecule has 7 heteroatoms. The number of para-hydroxylation sites is 1. The van der Waals surface area contributed by atoms with E-state index in [-0.39, 0.29) is 5.78 Å². The average Bonchev–Trinajstić information content (AvgIpc) is 3.06. The van der Waals surface area contributed by atoms with Crippen LogP contribution in [0.5, 0.6) is 5.75 Å². The Morgan fingerprint density at radius 3 is 2.59 bits per heavy atom. The number of nitrogens with zero attached hydrogens (tertiary/aromatic N) is 1. The molecule has 3 rings (SSSR count). The van der Waals surface area contributed by atoms with Gasteiger partial charge in [-0.3, -0.25) is 4.79 Å². The van der Waals surface area contributed by atoms with Gasteiger partial charge in [-0.2, -0.15) is 0 Å². The molecule has 0 aliphatic rings. The highest BCUT2D eigenvalue weighted by molar-refractivity contribution is 6.11. The Morgan fingerprint density at radius 2 is 1.86 bits per heavy atom. The van der Waals surface area contributed by atoms with Crippen LogP contribution < -0.4 is 4.74 Å². The van der Waals surface area contributed by atoms with E-state index >= 15 is 0 Å². The largest absolute Gasteiger partial charge is 0.497 e. The van der Waals surface area contributed by atoms with Crippen LogP contribution in [-0.2, 0) is 14.4 Å². The number of ketones is 1. The minimum absolute atomic E-state index is 0.268. The predicted octanol–water partition coefficient (Wildman–Crippen LogP) is 3.65. The summed E-state index contributed by atoms with van der Waals surface area (Å²) in [6.07, 6.45) is 0.533. The van der Waals surface area contributed by atoms with Crippen LogP contribution in [-0.4, -0.2) is 42.8 Å². The Balaban J connectivity index is 1.53. The number of aryl methyl sites for hydroxylation is 1. The molecule has 0 saturated carbocycles. The van der Waals surface area contributed by atoms with Crippen molar-refractivity contribution in [3.05, 3.63) is 65.4 Å². The summed E-state index contributed by atoms with van der Waals surface area (Å²) in [7, 11) is 1.59. The number of oxime groups is 1. The summed E-state index contributed by atoms with van der Waals surface area (Å²) in [6, 6.07) is 14.7. The van der Waals surface area contributed by atoms with Crippen molar-refractivity contribution in [3.8, 4) is 5.75 Å². The highest BCUT2D eigenvalue weighted by Gasteiger charge is 2.24. The molecule has 1 atom stereocenters. The number of benzene rings is 2. The Morgan fingerprint density at radius 1 is 1.14 bits per heavy atom. The molecule has 1 aromatic heterocycles. The zero-order chi connectivity index (χ0) is 20.8. The zero-order valence-corrected chi connectivity index (χ0v) is 16.5. The van der Waals surface area contributed by atoms with Crippen LogP contribution in [0.4, 0.5) is 0 Å². The third-order valence-electron chi connectivity index (χ3n) is 4.39. The van der Waals surface area contributed by atoms with Crippen LogP contribution in [0, 0.1) is 6.92 Å². The first-order valence-electron chi connectivity index (χ1n) is 9.10. The lowest BCUT2D eigenvalue weighted by atomic mass is 10.0. The lowest BCUT2D eigenvalue weighted by molar-refractivity contribution is -0.151. The van der Waals surface area contributed by atoms with Crippen LogP contribution >= 0.6 is 0 Å². The third kappa shape index (κ3) is 4.82. The molecule has 150 valence electrons. The molecule has 0 bridgehead atoms. The van der Waals surface area contributed by atoms with E-state index in [0.29, 0.717) is 5.56 Å². The first kappa shape index (κ1) is 20.1. The van der Waals surface area contributed by atoms with Crippen molar-refractivity contribution in [2.75, 3.05) is 13.7 Å². The van der Waals surface area contributed by atoms with Crippen molar-refractivity contribution < 1.29 is 23.9 Å². The van der Waals surface area contributed by atoms with Gasteiger partial charge in [0.25, 0.3) is 0 Å². The smallest absolute Gasteiger partial charge is 0.347 e. The average molecular weight is 394 g/mol. The van der Waals surface area contributed by atoms with Crippen LogP contribution in [0.25, 0.3) is 10.9 Å². The SMILES string of the molecule is COc1ccc(/C=N\OCC(=O)O[C@@H](C)C(=O)c2c(C)[nH]c3ccccc23)cc1. The van der Waals surface area contributed by atoms with E-state index in [1.165, 1.54) is 6.21 Å². The standard InChI is InChI=1S/C22H22N2O5/c1-14-21(18-6-4-5-7-19(18)24-14)22(26)15(2)29-20(25)13-28-23-12-16-8-10-17(27-3)11-9-16/h4-12,15,24H,13H2,1-3H3/b23-12-/t15-/m0/s1. The molecular formula is C22H22N2O5. The maximum atomic E-state index is 12.8. The fourth-order valence-electron chi connectivity index (χ4n) is 2.96. The normalized spacial score (nSPS) is 12.1. The van der Waals surface area contributed by atoms with Crippen molar-refractivity contribution in [1.82, 2.24) is 4.98 Å². The Labute approximate surface area is 168 Å². The lowest BCUT2D eigenvalue weighted by Gasteiger charge is -2.12. The predicted molar refractivity (Wildman–Crippen MR) is 109 cm³/mol. The first-order valence-corrected chi connectivity index (χ1v) is 9.10. The van der Waals surface area contributed by atoms with Gasteiger partial charge in [0.15, 0.2) is 6.10 Å². The highest BCUT2D eigenvalue weighted by Crippen LogP contribution is 2.23. The number of H-pyrrole nitrogens is 1. The number of carbonyl (C=O) groups is 2. The van der Waals surface area contributed by atoms with Crippen LogP contribution in [0.3, 0.4) is 0 Å². The number of Topliss-reactive ketones (excluding diaryl/α,β-unsaturated/α-hetero) is 1. The number of methoxy groups -OCH3 is 1. The van der Waals surface area contributed by atoms with Gasteiger partial charge in [-0.1, -0.05) is 23.4 Å². The number of fused-ring (bicyclic) bond motifs is 1. The molecule has 0 fully saturated rings. The van der Waals surface area contributed by atoms with E-state index in [9.17, 15) is 9.59 Å². The molecule has 29 heavy (non-hydrogen) atoms. The third-order valence-corrected chi connectivity index (χ3v) is 4.39. The van der Waals surface area contributed by atoms with Gasteiger partial charge in [0.05, 0.1) is 13.3 Å². The first-order chi connectivity index (χ1) is 14.0. The number of aromatic amines is 1. The topological polar surface area (TPSA) is 90.0 Å². The Bertz CT molecular complexity index is 1040. The van der Waals surface area contributed by atoms with E-state index in [2.05, 4.69) is 10.1 Å². The van der Waals surface area contributed by atoms with Crippen LogP contribution in [0.15, 0.2) is 53.7 Å². The molecular weight excluding hydrogens is 372 g/mol. The minimum atomic E-state index is -0.936. The number of hydrogen-bond donors (Lipinski definition) is 1. The molecule has 3 aromatic rings. The summed E-state index contributed by atoms with van der Waals surface area (Å²) in [5, 5.41) is 4.54. The number of esters is 1. The van der Waals surface area contributed by atoms with Gasteiger partial charge in [0, 0.05) is 22.2 Å². The maximum absolute atomic E-state index is 12.8. The number of hydrogen-bond acceptors (Lipinski definition) is 6. The molecule has 2 aromatic carbocycles. The number of carbonyl (C=O) groups excluding carboxylic acids is 2. The summed E-state index contributed by atoms with van der Waals surface area (Å²) in [5.41, 5.74) is 2.92. The molecule has 0 saturated heterocycles. The summed E-state index contributed by atoms with van der Waals surface area (Å²) >= 11 is 0. The zero-order valence-electron chi connectivity index (χ0n) is 16.5. The van der Waals surface area contributed by atoms with Crippen molar-refractivity contribution in [3.63, 3.8) is 0 Å². The monoisotopic (exact) mass is 394 g/mol. The van der Waals surface area contributed by atoms with Gasteiger partial charge in [-0.15, -0.1) is 0 Å². The number of rotatable bonds is 8. The van der Waals surface area contributed by atoms with E-state index in [0.717, 1.165) is 27.9 Å². The van der Waals surface area contributed by atoms with Crippen molar-refractivity contribution in [1.29, 1.82) is 0 Å². The molecule has 1 heterocycles. The van der Waals surface area contributed by atoms with E-state index in [1.54, 1.807) is 38.3 Å². The molecule has 1 N–H and O–H groups in total. The van der Waals surface area contributed by atoms with E-state index in [4.69, 9.17) is 14.3 Å². The molecule has 0 spiro atoms. The van der Waals surface area contributed by atoms with Crippen molar-refractivity contribution in [2.24, 2.45) is 5.16 Å². The second-order valence-corrected chi connectivity index (χ2v) is 6.45. The van der Waals surface area contributed by atoms with E-state index in [1.807, 2.05) is 31.2 Å². The van der Waals surface area contributed by atoms with Gasteiger partial charge in [0.1, 0.15) is 5.75 Å². The quantitative estimate of drug-likeness (QED) is 0.273. The van der Waals surface area contributed by atoms with Crippen LogP contribution in [0.2, 0.25) is 0 Å². The molecule has 0 amide bonds. The molecule has 7 nitrogen and oxygen atoms in total. The fourth-order valence-corrected chi connectivity index (χ4v) is 2.96. The van der Waals surface area contributed by atoms with Gasteiger partial charge >= 0.3 is 5.97 Å². The summed E-state index contributed by atoms with van der Waals surface area (Å²) in [5.74, 6) is -0.207. The Kier molecular flexibility index (Phi) is 6.29. The second-order valence-electron chi connectivity index (χ2n) is 6.45. The number of ether oxygens (including phenoxy) is 2. The number of aromatic nitrogens is 1. The van der Waals surface area contributed by atoms with Crippen molar-refractivity contribution >= 4 is 28.9 Å². The summed E-state index contributed by atoms with van der Waals surface area (Å²) < 4.78 is 10.3. The van der Waals surface area contributed by atoms with Gasteiger partial charge < -0.3 is 19.3 Å².